The average molecular weight is 169 g/mol. The van der Waals surface area contributed by atoms with Crippen LogP contribution in [0.15, 0.2) is 0 Å². The minimum atomic E-state index is 0.119. The van der Waals surface area contributed by atoms with Crippen LogP contribution in [0.5, 0.6) is 0 Å². The lowest BCUT2D eigenvalue weighted by molar-refractivity contribution is 0.0990. The van der Waals surface area contributed by atoms with Crippen LogP contribution in [0.3, 0.4) is 0 Å². The fraction of sp³-hybridized carbons (Fsp3) is 1.00. The lowest BCUT2D eigenvalue weighted by Crippen LogP contribution is -2.33. The quantitative estimate of drug-likeness (QED) is 0.646. The highest BCUT2D eigenvalue weighted by molar-refractivity contribution is 5.00. The molecule has 2 aliphatic carbocycles. The van der Waals surface area contributed by atoms with Gasteiger partial charge < -0.3 is 10.5 Å². The van der Waals surface area contributed by atoms with E-state index in [1.54, 1.807) is 0 Å². The van der Waals surface area contributed by atoms with Crippen molar-refractivity contribution < 1.29 is 4.74 Å². The van der Waals surface area contributed by atoms with Gasteiger partial charge in [0.15, 0.2) is 0 Å². The lowest BCUT2D eigenvalue weighted by Gasteiger charge is -2.19. The molecule has 12 heavy (non-hydrogen) atoms. The molecule has 0 amide bonds. The molecule has 2 aliphatic rings. The van der Waals surface area contributed by atoms with Crippen molar-refractivity contribution in [1.29, 1.82) is 0 Å². The van der Waals surface area contributed by atoms with E-state index in [1.807, 2.05) is 7.11 Å². The fourth-order valence-corrected chi connectivity index (χ4v) is 3.13. The fourth-order valence-electron chi connectivity index (χ4n) is 3.13. The van der Waals surface area contributed by atoms with E-state index in [0.717, 1.165) is 11.8 Å². The first-order valence-corrected chi connectivity index (χ1v) is 4.92. The topological polar surface area (TPSA) is 35.2 Å². The molecule has 0 radical (unpaired) electrons. The standard InChI is InChI=1S/C10H19NO/c1-10(11)5-7-3-9(12-2)4-8(7)6-10/h7-9H,3-6,11H2,1-2H3/t7-,8+,9+,10?. The molecule has 2 N–H and O–H groups in total. The molecular weight excluding hydrogens is 150 g/mol. The van der Waals surface area contributed by atoms with Crippen LogP contribution in [-0.4, -0.2) is 18.8 Å². The largest absolute Gasteiger partial charge is 0.381 e. The summed E-state index contributed by atoms with van der Waals surface area (Å²) in [5.74, 6) is 1.70. The second kappa shape index (κ2) is 2.71. The van der Waals surface area contributed by atoms with E-state index in [2.05, 4.69) is 6.92 Å². The van der Waals surface area contributed by atoms with Gasteiger partial charge in [0.05, 0.1) is 6.10 Å². The molecule has 0 aromatic rings. The van der Waals surface area contributed by atoms with Crippen LogP contribution in [0, 0.1) is 11.8 Å². The summed E-state index contributed by atoms with van der Waals surface area (Å²) in [5.41, 5.74) is 6.23. The van der Waals surface area contributed by atoms with Crippen molar-refractivity contribution >= 4 is 0 Å². The van der Waals surface area contributed by atoms with E-state index in [1.165, 1.54) is 25.7 Å². The zero-order valence-corrected chi connectivity index (χ0v) is 8.05. The maximum atomic E-state index is 6.11. The minimum Gasteiger partial charge on any atom is -0.381 e. The van der Waals surface area contributed by atoms with Crippen LogP contribution >= 0.6 is 0 Å². The summed E-state index contributed by atoms with van der Waals surface area (Å²) in [4.78, 5) is 0. The molecule has 0 aromatic heterocycles. The number of methoxy groups -OCH3 is 1. The van der Waals surface area contributed by atoms with E-state index < -0.39 is 0 Å². The van der Waals surface area contributed by atoms with Crippen LogP contribution in [0.25, 0.3) is 0 Å². The van der Waals surface area contributed by atoms with Gasteiger partial charge in [-0.1, -0.05) is 0 Å². The molecule has 2 saturated carbocycles. The third kappa shape index (κ3) is 1.38. The molecule has 4 atom stereocenters. The van der Waals surface area contributed by atoms with Gasteiger partial charge in [-0.2, -0.15) is 0 Å². The van der Waals surface area contributed by atoms with Crippen molar-refractivity contribution in [3.63, 3.8) is 0 Å². The Bertz CT molecular complexity index is 163. The predicted octanol–water partition coefficient (Wildman–Crippen LogP) is 1.54. The van der Waals surface area contributed by atoms with Gasteiger partial charge in [-0.3, -0.25) is 0 Å². The van der Waals surface area contributed by atoms with Crippen LogP contribution in [-0.2, 0) is 4.74 Å². The molecule has 2 heteroatoms. The van der Waals surface area contributed by atoms with Crippen molar-refractivity contribution in [2.24, 2.45) is 17.6 Å². The van der Waals surface area contributed by atoms with Gasteiger partial charge in [0.1, 0.15) is 0 Å². The zero-order valence-electron chi connectivity index (χ0n) is 8.05. The van der Waals surface area contributed by atoms with E-state index >= 15 is 0 Å². The number of nitrogens with two attached hydrogens (primary N) is 1. The Morgan fingerprint density at radius 3 is 2.17 bits per heavy atom. The molecular formula is C10H19NO. The SMILES string of the molecule is CO[C@H]1C[C@@H]2CC(C)(N)C[C@@H]2C1. The molecule has 0 aromatic carbocycles. The summed E-state index contributed by atoms with van der Waals surface area (Å²) < 4.78 is 5.37. The average Bonchev–Trinajstić information content (AvgIpc) is 2.40. The van der Waals surface area contributed by atoms with Crippen LogP contribution in [0.2, 0.25) is 0 Å². The maximum Gasteiger partial charge on any atom is 0.0576 e. The first kappa shape index (κ1) is 8.52. The molecule has 0 saturated heterocycles. The van der Waals surface area contributed by atoms with E-state index in [0.29, 0.717) is 6.10 Å². The predicted molar refractivity (Wildman–Crippen MR) is 48.8 cm³/mol. The van der Waals surface area contributed by atoms with E-state index in [-0.39, 0.29) is 5.54 Å². The summed E-state index contributed by atoms with van der Waals surface area (Å²) in [7, 11) is 1.83. The van der Waals surface area contributed by atoms with Crippen LogP contribution in [0.4, 0.5) is 0 Å². The van der Waals surface area contributed by atoms with Gasteiger partial charge in [-0.15, -0.1) is 0 Å². The van der Waals surface area contributed by atoms with Crippen molar-refractivity contribution in [2.45, 2.75) is 44.2 Å². The first-order valence-electron chi connectivity index (χ1n) is 4.92. The highest BCUT2D eigenvalue weighted by atomic mass is 16.5. The number of hydrogen-bond acceptors (Lipinski definition) is 2. The van der Waals surface area contributed by atoms with E-state index in [4.69, 9.17) is 10.5 Å². The van der Waals surface area contributed by atoms with Crippen molar-refractivity contribution in [3.8, 4) is 0 Å². The molecule has 2 fully saturated rings. The zero-order chi connectivity index (χ0) is 8.77. The van der Waals surface area contributed by atoms with Gasteiger partial charge in [-0.25, -0.2) is 0 Å². The first-order chi connectivity index (χ1) is 5.61. The Morgan fingerprint density at radius 1 is 1.25 bits per heavy atom. The number of rotatable bonds is 1. The highest BCUT2D eigenvalue weighted by Crippen LogP contribution is 2.48. The van der Waals surface area contributed by atoms with E-state index in [9.17, 15) is 0 Å². The Labute approximate surface area is 74.5 Å². The third-order valence-electron chi connectivity index (χ3n) is 3.59. The summed E-state index contributed by atoms with van der Waals surface area (Å²) in [6.07, 6.45) is 5.42. The number of hydrogen-bond donors (Lipinski definition) is 1. The van der Waals surface area contributed by atoms with Crippen molar-refractivity contribution in [3.05, 3.63) is 0 Å². The van der Waals surface area contributed by atoms with Gasteiger partial charge in [0.25, 0.3) is 0 Å². The molecule has 0 heterocycles. The Morgan fingerprint density at radius 2 is 1.75 bits per heavy atom. The normalized spacial score (nSPS) is 52.8. The Kier molecular flexibility index (Phi) is 1.92. The Balaban J connectivity index is 1.97. The maximum absolute atomic E-state index is 6.11. The van der Waals surface area contributed by atoms with Gasteiger partial charge >= 0.3 is 0 Å². The second-order valence-electron chi connectivity index (χ2n) is 4.91. The molecule has 1 unspecified atom stereocenters. The third-order valence-corrected chi connectivity index (χ3v) is 3.59. The second-order valence-corrected chi connectivity index (χ2v) is 4.91. The van der Waals surface area contributed by atoms with Crippen LogP contribution in [0.1, 0.15) is 32.6 Å². The molecule has 0 spiro atoms. The number of fused-ring (bicyclic) bond motifs is 1. The highest BCUT2D eigenvalue weighted by Gasteiger charge is 2.45. The van der Waals surface area contributed by atoms with Crippen LogP contribution < -0.4 is 5.73 Å². The molecule has 0 bridgehead atoms. The minimum absolute atomic E-state index is 0.119. The number of ether oxygens (including phenoxy) is 1. The monoisotopic (exact) mass is 169 g/mol. The summed E-state index contributed by atoms with van der Waals surface area (Å²) in [6, 6.07) is 0. The van der Waals surface area contributed by atoms with Gasteiger partial charge in [0, 0.05) is 12.6 Å². The Hall–Kier alpha value is -0.0800. The summed E-state index contributed by atoms with van der Waals surface area (Å²) >= 11 is 0. The molecule has 2 rings (SSSR count). The smallest absolute Gasteiger partial charge is 0.0576 e. The molecule has 0 aliphatic heterocycles. The van der Waals surface area contributed by atoms with Gasteiger partial charge in [-0.05, 0) is 44.4 Å². The van der Waals surface area contributed by atoms with Gasteiger partial charge in [0.2, 0.25) is 0 Å². The lowest BCUT2D eigenvalue weighted by atomic mass is 9.97. The van der Waals surface area contributed by atoms with Crippen molar-refractivity contribution in [1.82, 2.24) is 0 Å². The van der Waals surface area contributed by atoms with Crippen molar-refractivity contribution in [2.75, 3.05) is 7.11 Å². The summed E-state index contributed by atoms with van der Waals surface area (Å²) in [5, 5.41) is 0. The summed E-state index contributed by atoms with van der Waals surface area (Å²) in [6.45, 7) is 2.19. The molecule has 70 valence electrons. The molecule has 2 nitrogen and oxygen atoms in total.